The van der Waals surface area contributed by atoms with E-state index >= 15 is 0 Å². The molecule has 0 spiro atoms. The smallest absolute Gasteiger partial charge is 0.139 e. The van der Waals surface area contributed by atoms with E-state index in [0.717, 1.165) is 22.0 Å². The lowest BCUT2D eigenvalue weighted by Gasteiger charge is -2.15. The molecule has 0 amide bonds. The van der Waals surface area contributed by atoms with Gasteiger partial charge in [-0.15, -0.1) is 0 Å². The molecule has 0 saturated heterocycles. The molecule has 5 heteroatoms. The van der Waals surface area contributed by atoms with Gasteiger partial charge in [0.1, 0.15) is 6.73 Å². The third-order valence-corrected chi connectivity index (χ3v) is 5.69. The van der Waals surface area contributed by atoms with Crippen molar-refractivity contribution in [1.29, 1.82) is 0 Å². The number of hydrogen-bond donors (Lipinski definition) is 0. The second kappa shape index (κ2) is 5.77. The number of fused-ring (bicyclic) bond motifs is 1. The van der Waals surface area contributed by atoms with Gasteiger partial charge in [-0.2, -0.15) is 5.10 Å². The lowest BCUT2D eigenvalue weighted by atomic mass is 10.2. The molecular formula is C14H21BrN2OSi. The van der Waals surface area contributed by atoms with E-state index in [0.29, 0.717) is 6.73 Å². The van der Waals surface area contributed by atoms with Crippen LogP contribution in [-0.4, -0.2) is 24.5 Å². The van der Waals surface area contributed by atoms with Crippen LogP contribution in [0.25, 0.3) is 10.9 Å². The van der Waals surface area contributed by atoms with Crippen molar-refractivity contribution in [2.45, 2.75) is 39.3 Å². The maximum Gasteiger partial charge on any atom is 0.139 e. The van der Waals surface area contributed by atoms with Crippen LogP contribution in [0.5, 0.6) is 0 Å². The number of ether oxygens (including phenoxy) is 1. The molecule has 1 heterocycles. The van der Waals surface area contributed by atoms with Crippen LogP contribution in [0, 0.1) is 6.92 Å². The van der Waals surface area contributed by atoms with Gasteiger partial charge < -0.3 is 4.74 Å². The van der Waals surface area contributed by atoms with Gasteiger partial charge in [0.25, 0.3) is 0 Å². The molecule has 0 unspecified atom stereocenters. The zero-order valence-electron chi connectivity index (χ0n) is 12.0. The molecule has 2 rings (SSSR count). The highest BCUT2D eigenvalue weighted by Gasteiger charge is 2.12. The maximum absolute atomic E-state index is 5.75. The monoisotopic (exact) mass is 340 g/mol. The summed E-state index contributed by atoms with van der Waals surface area (Å²) in [5.41, 5.74) is 2.34. The summed E-state index contributed by atoms with van der Waals surface area (Å²) < 4.78 is 8.79. The maximum atomic E-state index is 5.75. The quantitative estimate of drug-likeness (QED) is 0.595. The highest BCUT2D eigenvalue weighted by atomic mass is 79.9. The normalized spacial score (nSPS) is 12.3. The van der Waals surface area contributed by atoms with Crippen LogP contribution in [0.3, 0.4) is 0 Å². The molecule has 0 fully saturated rings. The van der Waals surface area contributed by atoms with E-state index in [1.807, 2.05) is 10.9 Å². The zero-order valence-corrected chi connectivity index (χ0v) is 14.6. The predicted molar refractivity (Wildman–Crippen MR) is 86.3 cm³/mol. The van der Waals surface area contributed by atoms with Gasteiger partial charge in [0.15, 0.2) is 0 Å². The average Bonchev–Trinajstić information content (AvgIpc) is 2.67. The second-order valence-electron chi connectivity index (χ2n) is 6.15. The number of rotatable bonds is 5. The van der Waals surface area contributed by atoms with E-state index in [1.54, 1.807) is 0 Å². The molecular weight excluding hydrogens is 320 g/mol. The van der Waals surface area contributed by atoms with E-state index in [4.69, 9.17) is 4.74 Å². The topological polar surface area (TPSA) is 27.1 Å². The van der Waals surface area contributed by atoms with Crippen molar-refractivity contribution in [1.82, 2.24) is 9.78 Å². The minimum absolute atomic E-state index is 0.531. The third-order valence-electron chi connectivity index (χ3n) is 3.13. The molecule has 0 saturated carbocycles. The van der Waals surface area contributed by atoms with Crippen molar-refractivity contribution < 1.29 is 4.74 Å². The van der Waals surface area contributed by atoms with Gasteiger partial charge in [-0.25, -0.2) is 4.68 Å². The highest BCUT2D eigenvalue weighted by molar-refractivity contribution is 9.10. The fraction of sp³-hybridized carbons (Fsp3) is 0.500. The molecule has 0 bridgehead atoms. The van der Waals surface area contributed by atoms with Crippen LogP contribution in [-0.2, 0) is 11.5 Å². The van der Waals surface area contributed by atoms with Gasteiger partial charge in [0.05, 0.1) is 11.7 Å². The average molecular weight is 341 g/mol. The molecule has 0 N–H and O–H groups in total. The summed E-state index contributed by atoms with van der Waals surface area (Å²) in [6, 6.07) is 5.44. The lowest BCUT2D eigenvalue weighted by molar-refractivity contribution is 0.0817. The van der Waals surface area contributed by atoms with Crippen molar-refractivity contribution in [2.24, 2.45) is 0 Å². The SMILES string of the molecule is Cc1cc2cnn(COCC[Si](C)(C)C)c2cc1Br. The Morgan fingerprint density at radius 1 is 1.32 bits per heavy atom. The molecule has 1 aromatic heterocycles. The first-order valence-electron chi connectivity index (χ1n) is 6.56. The Labute approximate surface area is 124 Å². The van der Waals surface area contributed by atoms with Crippen molar-refractivity contribution in [3.8, 4) is 0 Å². The standard InChI is InChI=1S/C14H21BrN2OSi/c1-11-7-12-9-16-17(14(12)8-13(11)15)10-18-5-6-19(2,3)4/h7-9H,5-6,10H2,1-4H3. The molecule has 1 aromatic carbocycles. The summed E-state index contributed by atoms with van der Waals surface area (Å²) in [6.45, 7) is 10.5. The number of aromatic nitrogens is 2. The fourth-order valence-electron chi connectivity index (χ4n) is 1.85. The van der Waals surface area contributed by atoms with Gasteiger partial charge >= 0.3 is 0 Å². The van der Waals surface area contributed by atoms with Crippen molar-refractivity contribution in [3.63, 3.8) is 0 Å². The highest BCUT2D eigenvalue weighted by Crippen LogP contribution is 2.23. The van der Waals surface area contributed by atoms with Gasteiger partial charge in [0.2, 0.25) is 0 Å². The summed E-state index contributed by atoms with van der Waals surface area (Å²) in [7, 11) is -1.01. The van der Waals surface area contributed by atoms with E-state index < -0.39 is 8.07 Å². The Kier molecular flexibility index (Phi) is 4.48. The van der Waals surface area contributed by atoms with Crippen LogP contribution in [0.4, 0.5) is 0 Å². The van der Waals surface area contributed by atoms with E-state index in [2.05, 4.69) is 59.7 Å². The summed E-state index contributed by atoms with van der Waals surface area (Å²) in [6.07, 6.45) is 1.90. The molecule has 0 aliphatic carbocycles. The van der Waals surface area contributed by atoms with Crippen LogP contribution >= 0.6 is 15.9 Å². The van der Waals surface area contributed by atoms with Crippen molar-refractivity contribution >= 4 is 34.9 Å². The fourth-order valence-corrected chi connectivity index (χ4v) is 2.93. The number of halogens is 1. The van der Waals surface area contributed by atoms with Crippen molar-refractivity contribution in [3.05, 3.63) is 28.4 Å². The van der Waals surface area contributed by atoms with Gasteiger partial charge in [-0.1, -0.05) is 35.6 Å². The summed E-state index contributed by atoms with van der Waals surface area (Å²) >= 11 is 3.57. The summed E-state index contributed by atoms with van der Waals surface area (Å²) in [4.78, 5) is 0. The van der Waals surface area contributed by atoms with Crippen LogP contribution in [0.15, 0.2) is 22.8 Å². The molecule has 2 aromatic rings. The minimum atomic E-state index is -1.01. The molecule has 0 aliphatic heterocycles. The zero-order chi connectivity index (χ0) is 14.0. The van der Waals surface area contributed by atoms with Gasteiger partial charge in [-0.3, -0.25) is 0 Å². The first-order valence-corrected chi connectivity index (χ1v) is 11.1. The Bertz CT molecular complexity index is 575. The number of hydrogen-bond acceptors (Lipinski definition) is 2. The number of nitrogens with zero attached hydrogens (tertiary/aromatic N) is 2. The molecule has 3 nitrogen and oxygen atoms in total. The third kappa shape index (κ3) is 3.90. The first kappa shape index (κ1) is 14.7. The summed E-state index contributed by atoms with van der Waals surface area (Å²) in [5, 5.41) is 5.56. The predicted octanol–water partition coefficient (Wildman–Crippen LogP) is 4.42. The Balaban J connectivity index is 2.03. The first-order chi connectivity index (χ1) is 8.87. The molecule has 0 radical (unpaired) electrons. The second-order valence-corrected chi connectivity index (χ2v) is 12.6. The number of benzene rings is 1. The molecule has 0 atom stereocenters. The van der Waals surface area contributed by atoms with Crippen LogP contribution in [0.1, 0.15) is 5.56 Å². The lowest BCUT2D eigenvalue weighted by Crippen LogP contribution is -2.22. The largest absolute Gasteiger partial charge is 0.360 e. The summed E-state index contributed by atoms with van der Waals surface area (Å²) in [5.74, 6) is 0. The Morgan fingerprint density at radius 2 is 2.05 bits per heavy atom. The van der Waals surface area contributed by atoms with Gasteiger partial charge in [-0.05, 0) is 30.7 Å². The van der Waals surface area contributed by atoms with Crippen LogP contribution < -0.4 is 0 Å². The Morgan fingerprint density at radius 3 is 2.74 bits per heavy atom. The number of aryl methyl sites for hydroxylation is 1. The minimum Gasteiger partial charge on any atom is -0.360 e. The van der Waals surface area contributed by atoms with Crippen molar-refractivity contribution in [2.75, 3.05) is 6.61 Å². The van der Waals surface area contributed by atoms with Gasteiger partial charge in [0, 0.05) is 24.5 Å². The van der Waals surface area contributed by atoms with E-state index in [9.17, 15) is 0 Å². The van der Waals surface area contributed by atoms with E-state index in [-0.39, 0.29) is 0 Å². The van der Waals surface area contributed by atoms with E-state index in [1.165, 1.54) is 11.6 Å². The molecule has 0 aliphatic rings. The molecule has 19 heavy (non-hydrogen) atoms. The van der Waals surface area contributed by atoms with Crippen LogP contribution in [0.2, 0.25) is 25.7 Å². The Hall–Kier alpha value is -0.653. The molecule has 104 valence electrons.